The van der Waals surface area contributed by atoms with Gasteiger partial charge in [0, 0.05) is 12.5 Å². The molecule has 2 rings (SSSR count). The SMILES string of the molecule is COC1CC(C)C2CC12C(C)C. The Morgan fingerprint density at radius 3 is 2.42 bits per heavy atom. The van der Waals surface area contributed by atoms with Gasteiger partial charge in [-0.3, -0.25) is 0 Å². The number of ether oxygens (including phenoxy) is 1. The Labute approximate surface area is 75.5 Å². The summed E-state index contributed by atoms with van der Waals surface area (Å²) >= 11 is 0. The molecule has 2 saturated carbocycles. The summed E-state index contributed by atoms with van der Waals surface area (Å²) in [4.78, 5) is 0. The monoisotopic (exact) mass is 168 g/mol. The molecule has 0 amide bonds. The molecule has 70 valence electrons. The summed E-state index contributed by atoms with van der Waals surface area (Å²) in [5, 5.41) is 0. The van der Waals surface area contributed by atoms with Gasteiger partial charge in [0.15, 0.2) is 0 Å². The van der Waals surface area contributed by atoms with E-state index in [1.54, 1.807) is 0 Å². The number of methoxy groups -OCH3 is 1. The maximum atomic E-state index is 5.60. The van der Waals surface area contributed by atoms with Gasteiger partial charge in [0.1, 0.15) is 0 Å². The molecule has 1 heteroatoms. The first-order valence-electron chi connectivity index (χ1n) is 5.15. The number of hydrogen-bond acceptors (Lipinski definition) is 1. The highest BCUT2D eigenvalue weighted by atomic mass is 16.5. The maximum Gasteiger partial charge on any atom is 0.0635 e. The third kappa shape index (κ3) is 0.834. The van der Waals surface area contributed by atoms with Gasteiger partial charge in [-0.1, -0.05) is 20.8 Å². The lowest BCUT2D eigenvalue weighted by Crippen LogP contribution is -2.26. The Bertz CT molecular complexity index is 187. The molecule has 4 unspecified atom stereocenters. The molecule has 0 radical (unpaired) electrons. The van der Waals surface area contributed by atoms with Gasteiger partial charge in [-0.2, -0.15) is 0 Å². The van der Waals surface area contributed by atoms with Crippen molar-refractivity contribution >= 4 is 0 Å². The first-order chi connectivity index (χ1) is 5.63. The fourth-order valence-corrected chi connectivity index (χ4v) is 3.50. The van der Waals surface area contributed by atoms with Gasteiger partial charge in [0.2, 0.25) is 0 Å². The van der Waals surface area contributed by atoms with Gasteiger partial charge < -0.3 is 4.74 Å². The standard InChI is InChI=1S/C11H20O/c1-7(2)11-6-9(11)8(3)5-10(11)12-4/h7-10H,5-6H2,1-4H3. The molecular formula is C11H20O. The van der Waals surface area contributed by atoms with E-state index in [0.29, 0.717) is 11.5 Å². The zero-order valence-corrected chi connectivity index (χ0v) is 8.63. The highest BCUT2D eigenvalue weighted by Gasteiger charge is 2.67. The molecule has 0 aromatic heterocycles. The van der Waals surface area contributed by atoms with E-state index >= 15 is 0 Å². The minimum absolute atomic E-state index is 0.553. The lowest BCUT2D eigenvalue weighted by Gasteiger charge is -2.25. The smallest absolute Gasteiger partial charge is 0.0635 e. The van der Waals surface area contributed by atoms with E-state index in [1.165, 1.54) is 12.8 Å². The van der Waals surface area contributed by atoms with Crippen molar-refractivity contribution in [3.05, 3.63) is 0 Å². The summed E-state index contributed by atoms with van der Waals surface area (Å²) in [6.07, 6.45) is 3.27. The van der Waals surface area contributed by atoms with Crippen LogP contribution in [0, 0.1) is 23.2 Å². The Kier molecular flexibility index (Phi) is 1.76. The first-order valence-corrected chi connectivity index (χ1v) is 5.15. The Morgan fingerprint density at radius 2 is 2.08 bits per heavy atom. The molecule has 0 spiro atoms. The molecule has 1 nitrogen and oxygen atoms in total. The zero-order chi connectivity index (χ0) is 8.93. The van der Waals surface area contributed by atoms with E-state index in [9.17, 15) is 0 Å². The predicted octanol–water partition coefficient (Wildman–Crippen LogP) is 2.70. The number of rotatable bonds is 2. The fourth-order valence-electron chi connectivity index (χ4n) is 3.50. The summed E-state index contributed by atoms with van der Waals surface area (Å²) in [7, 11) is 1.88. The highest BCUT2D eigenvalue weighted by molar-refractivity contribution is 5.15. The van der Waals surface area contributed by atoms with Crippen LogP contribution in [0.4, 0.5) is 0 Å². The van der Waals surface area contributed by atoms with Crippen molar-refractivity contribution in [3.8, 4) is 0 Å². The highest BCUT2D eigenvalue weighted by Crippen LogP contribution is 2.70. The minimum atomic E-state index is 0.553. The van der Waals surface area contributed by atoms with Crippen molar-refractivity contribution < 1.29 is 4.74 Å². The first kappa shape index (κ1) is 8.55. The third-order valence-corrected chi connectivity index (χ3v) is 4.34. The van der Waals surface area contributed by atoms with Crippen molar-refractivity contribution in [2.45, 2.75) is 39.7 Å². The molecule has 2 fully saturated rings. The van der Waals surface area contributed by atoms with Crippen LogP contribution >= 0.6 is 0 Å². The van der Waals surface area contributed by atoms with Crippen molar-refractivity contribution in [2.24, 2.45) is 23.2 Å². The molecule has 2 aliphatic rings. The van der Waals surface area contributed by atoms with Gasteiger partial charge in [-0.05, 0) is 30.6 Å². The summed E-state index contributed by atoms with van der Waals surface area (Å²) in [5.41, 5.74) is 0.578. The molecule has 12 heavy (non-hydrogen) atoms. The Balaban J connectivity index is 2.17. The summed E-state index contributed by atoms with van der Waals surface area (Å²) in [6, 6.07) is 0. The van der Waals surface area contributed by atoms with Crippen molar-refractivity contribution in [3.63, 3.8) is 0 Å². The second-order valence-corrected chi connectivity index (χ2v) is 5.02. The van der Waals surface area contributed by atoms with Gasteiger partial charge in [0.25, 0.3) is 0 Å². The maximum absolute atomic E-state index is 5.60. The average Bonchev–Trinajstić information content (AvgIpc) is 2.70. The average molecular weight is 168 g/mol. The molecular weight excluding hydrogens is 148 g/mol. The van der Waals surface area contributed by atoms with E-state index in [4.69, 9.17) is 4.74 Å². The topological polar surface area (TPSA) is 9.23 Å². The molecule has 0 N–H and O–H groups in total. The zero-order valence-electron chi connectivity index (χ0n) is 8.63. The quantitative estimate of drug-likeness (QED) is 0.616. The molecule has 0 saturated heterocycles. The second kappa shape index (κ2) is 2.47. The molecule has 2 aliphatic carbocycles. The summed E-state index contributed by atoms with van der Waals surface area (Å²) in [6.45, 7) is 7.09. The van der Waals surface area contributed by atoms with Gasteiger partial charge in [-0.25, -0.2) is 0 Å². The predicted molar refractivity (Wildman–Crippen MR) is 50.0 cm³/mol. The van der Waals surface area contributed by atoms with Crippen molar-refractivity contribution in [2.75, 3.05) is 7.11 Å². The Morgan fingerprint density at radius 1 is 1.42 bits per heavy atom. The van der Waals surface area contributed by atoms with Gasteiger partial charge in [0.05, 0.1) is 6.10 Å². The van der Waals surface area contributed by atoms with Gasteiger partial charge in [-0.15, -0.1) is 0 Å². The molecule has 0 heterocycles. The number of fused-ring (bicyclic) bond motifs is 1. The summed E-state index contributed by atoms with van der Waals surface area (Å²) in [5.74, 6) is 2.68. The third-order valence-electron chi connectivity index (χ3n) is 4.34. The molecule has 0 aliphatic heterocycles. The largest absolute Gasteiger partial charge is 0.381 e. The lowest BCUT2D eigenvalue weighted by atomic mass is 9.87. The second-order valence-electron chi connectivity index (χ2n) is 5.02. The lowest BCUT2D eigenvalue weighted by molar-refractivity contribution is 0.0270. The van der Waals surface area contributed by atoms with Crippen LogP contribution in [0.5, 0.6) is 0 Å². The van der Waals surface area contributed by atoms with E-state index in [0.717, 1.165) is 17.8 Å². The van der Waals surface area contributed by atoms with E-state index in [-0.39, 0.29) is 0 Å². The van der Waals surface area contributed by atoms with Crippen LogP contribution in [0.3, 0.4) is 0 Å². The van der Waals surface area contributed by atoms with E-state index in [2.05, 4.69) is 20.8 Å². The van der Waals surface area contributed by atoms with Gasteiger partial charge >= 0.3 is 0 Å². The molecule has 0 bridgehead atoms. The van der Waals surface area contributed by atoms with E-state index < -0.39 is 0 Å². The van der Waals surface area contributed by atoms with Crippen LogP contribution in [-0.2, 0) is 4.74 Å². The van der Waals surface area contributed by atoms with Crippen LogP contribution in [0.15, 0.2) is 0 Å². The molecule has 0 aromatic carbocycles. The normalized spacial score (nSPS) is 51.2. The van der Waals surface area contributed by atoms with Crippen LogP contribution in [0.25, 0.3) is 0 Å². The Hall–Kier alpha value is -0.0400. The molecule has 0 aromatic rings. The minimum Gasteiger partial charge on any atom is -0.381 e. The summed E-state index contributed by atoms with van der Waals surface area (Å²) < 4.78 is 5.60. The van der Waals surface area contributed by atoms with Crippen LogP contribution < -0.4 is 0 Å². The van der Waals surface area contributed by atoms with Crippen molar-refractivity contribution in [1.29, 1.82) is 0 Å². The van der Waals surface area contributed by atoms with Crippen LogP contribution in [0.1, 0.15) is 33.6 Å². The van der Waals surface area contributed by atoms with Crippen LogP contribution in [-0.4, -0.2) is 13.2 Å². The van der Waals surface area contributed by atoms with Crippen LogP contribution in [0.2, 0.25) is 0 Å². The van der Waals surface area contributed by atoms with E-state index in [1.807, 2.05) is 7.11 Å². The van der Waals surface area contributed by atoms with Crippen molar-refractivity contribution in [1.82, 2.24) is 0 Å². The molecule has 4 atom stereocenters. The number of hydrogen-bond donors (Lipinski definition) is 0. The fraction of sp³-hybridized carbons (Fsp3) is 1.00.